The summed E-state index contributed by atoms with van der Waals surface area (Å²) in [4.78, 5) is 25.0. The summed E-state index contributed by atoms with van der Waals surface area (Å²) in [7, 11) is 4.88. The van der Waals surface area contributed by atoms with Crippen molar-refractivity contribution < 1.29 is 23.8 Å². The first-order valence-corrected chi connectivity index (χ1v) is 11.2. The minimum atomic E-state index is -0.372. The second-order valence-corrected chi connectivity index (χ2v) is 9.05. The van der Waals surface area contributed by atoms with Crippen LogP contribution in [0.1, 0.15) is 54.5 Å². The van der Waals surface area contributed by atoms with Crippen LogP contribution in [0.3, 0.4) is 0 Å². The molecule has 0 bridgehead atoms. The van der Waals surface area contributed by atoms with E-state index in [4.69, 9.17) is 19.3 Å². The number of nitrogens with zero attached hydrogens (tertiary/aromatic N) is 4. The van der Waals surface area contributed by atoms with E-state index < -0.39 is 0 Å². The summed E-state index contributed by atoms with van der Waals surface area (Å²) in [5, 5.41) is 14.7. The van der Waals surface area contributed by atoms with Crippen LogP contribution in [-0.4, -0.2) is 57.9 Å². The van der Waals surface area contributed by atoms with Gasteiger partial charge in [0, 0.05) is 39.3 Å². The number of amides is 2. The van der Waals surface area contributed by atoms with Crippen molar-refractivity contribution in [3.63, 3.8) is 0 Å². The Morgan fingerprint density at radius 1 is 1.15 bits per heavy atom. The monoisotopic (exact) mass is 460 g/mol. The number of hydrogen-bond acceptors (Lipinski definition) is 7. The molecule has 11 heteroatoms. The molecule has 0 aromatic carbocycles. The Labute approximate surface area is 192 Å². The van der Waals surface area contributed by atoms with Gasteiger partial charge in [-0.1, -0.05) is 0 Å². The number of aromatic nitrogens is 4. The number of nitrogens with one attached hydrogen (secondary N) is 2. The molecule has 2 aromatic heterocycles. The largest absolute Gasteiger partial charge is 0.446 e. The first-order chi connectivity index (χ1) is 15.8. The lowest BCUT2D eigenvalue weighted by Crippen LogP contribution is -2.34. The first-order valence-electron chi connectivity index (χ1n) is 11.2. The fourth-order valence-electron chi connectivity index (χ4n) is 4.69. The summed E-state index contributed by atoms with van der Waals surface area (Å²) >= 11 is 0. The van der Waals surface area contributed by atoms with Gasteiger partial charge in [-0.3, -0.25) is 9.48 Å². The van der Waals surface area contributed by atoms with Crippen LogP contribution >= 0.6 is 0 Å². The van der Waals surface area contributed by atoms with Crippen molar-refractivity contribution in [2.45, 2.75) is 58.1 Å². The van der Waals surface area contributed by atoms with Crippen molar-refractivity contribution in [2.75, 3.05) is 19.5 Å². The zero-order valence-corrected chi connectivity index (χ0v) is 19.7. The summed E-state index contributed by atoms with van der Waals surface area (Å²) in [5.41, 5.74) is 1.96. The van der Waals surface area contributed by atoms with E-state index in [1.807, 2.05) is 19.9 Å². The van der Waals surface area contributed by atoms with Gasteiger partial charge in [-0.2, -0.15) is 10.2 Å². The molecule has 0 aliphatic heterocycles. The standard InChI is InChI=1S/C22H32N6O5/c1-12(2)23-22(30)33-19-8-15(14-7-16(14)19)17-9-20(28(26-17)11-32-5)24-21(29)18-6-13(10-31-4)25-27(18)3/h6,9,12,14-16,19H,7-8,10-11H2,1-5H3,(H,23,30)(H,24,29)/t14-,15-,16-,19+/m1/s1. The number of anilines is 1. The zero-order valence-electron chi connectivity index (χ0n) is 19.7. The highest BCUT2D eigenvalue weighted by Gasteiger charge is 2.57. The maximum Gasteiger partial charge on any atom is 0.407 e. The van der Waals surface area contributed by atoms with Crippen LogP contribution in [0.25, 0.3) is 0 Å². The molecule has 2 aliphatic carbocycles. The number of hydrogen-bond donors (Lipinski definition) is 2. The highest BCUT2D eigenvalue weighted by atomic mass is 16.6. The Hall–Kier alpha value is -2.92. The molecule has 11 nitrogen and oxygen atoms in total. The molecule has 2 aliphatic rings. The summed E-state index contributed by atoms with van der Waals surface area (Å²) in [6.07, 6.45) is 1.25. The van der Waals surface area contributed by atoms with Crippen LogP contribution in [0, 0.1) is 11.8 Å². The number of carbonyl (C=O) groups is 2. The van der Waals surface area contributed by atoms with Gasteiger partial charge in [0.05, 0.1) is 18.0 Å². The van der Waals surface area contributed by atoms with Crippen molar-refractivity contribution in [2.24, 2.45) is 18.9 Å². The molecule has 2 heterocycles. The molecule has 33 heavy (non-hydrogen) atoms. The van der Waals surface area contributed by atoms with Gasteiger partial charge in [-0.15, -0.1) is 0 Å². The lowest BCUT2D eigenvalue weighted by atomic mass is 9.99. The third kappa shape index (κ3) is 5.03. The molecule has 4 atom stereocenters. The predicted octanol–water partition coefficient (Wildman–Crippen LogP) is 2.25. The van der Waals surface area contributed by atoms with Gasteiger partial charge in [-0.05, 0) is 44.6 Å². The molecule has 2 saturated carbocycles. The van der Waals surface area contributed by atoms with E-state index in [0.29, 0.717) is 35.6 Å². The zero-order chi connectivity index (χ0) is 23.7. The Balaban J connectivity index is 1.47. The smallest absolute Gasteiger partial charge is 0.407 e. The topological polar surface area (TPSA) is 122 Å². The number of ether oxygens (including phenoxy) is 3. The van der Waals surface area contributed by atoms with E-state index in [-0.39, 0.29) is 36.8 Å². The Morgan fingerprint density at radius 2 is 1.94 bits per heavy atom. The lowest BCUT2D eigenvalue weighted by molar-refractivity contribution is 0.0860. The van der Waals surface area contributed by atoms with E-state index in [1.165, 1.54) is 4.68 Å². The van der Waals surface area contributed by atoms with Crippen LogP contribution in [0.15, 0.2) is 12.1 Å². The number of rotatable bonds is 9. The van der Waals surface area contributed by atoms with Crippen molar-refractivity contribution in [3.05, 3.63) is 29.2 Å². The third-order valence-electron chi connectivity index (χ3n) is 6.16. The molecule has 0 spiro atoms. The van der Waals surface area contributed by atoms with Gasteiger partial charge in [0.1, 0.15) is 24.3 Å². The van der Waals surface area contributed by atoms with E-state index in [9.17, 15) is 9.59 Å². The average Bonchev–Trinajstić information content (AvgIpc) is 3.12. The predicted molar refractivity (Wildman–Crippen MR) is 119 cm³/mol. The quantitative estimate of drug-likeness (QED) is 0.589. The number of fused-ring (bicyclic) bond motifs is 1. The van der Waals surface area contributed by atoms with E-state index in [1.54, 1.807) is 32.0 Å². The van der Waals surface area contributed by atoms with Crippen LogP contribution in [-0.2, 0) is 34.6 Å². The van der Waals surface area contributed by atoms with E-state index in [2.05, 4.69) is 15.7 Å². The lowest BCUT2D eigenvalue weighted by Gasteiger charge is -2.17. The highest BCUT2D eigenvalue weighted by molar-refractivity contribution is 6.02. The molecule has 2 amide bonds. The maximum absolute atomic E-state index is 12.9. The van der Waals surface area contributed by atoms with Gasteiger partial charge in [0.15, 0.2) is 0 Å². The van der Waals surface area contributed by atoms with E-state index in [0.717, 1.165) is 18.5 Å². The average molecular weight is 461 g/mol. The highest BCUT2D eigenvalue weighted by Crippen LogP contribution is 2.60. The fraction of sp³-hybridized carbons (Fsp3) is 0.636. The van der Waals surface area contributed by atoms with Crippen molar-refractivity contribution in [3.8, 4) is 0 Å². The molecule has 4 rings (SSSR count). The van der Waals surface area contributed by atoms with Gasteiger partial charge >= 0.3 is 6.09 Å². The number of methoxy groups -OCH3 is 2. The molecule has 0 unspecified atom stereocenters. The van der Waals surface area contributed by atoms with Crippen molar-refractivity contribution in [1.29, 1.82) is 0 Å². The first kappa shape index (κ1) is 23.2. The fourth-order valence-corrected chi connectivity index (χ4v) is 4.69. The number of alkyl carbamates (subject to hydrolysis) is 1. The second-order valence-electron chi connectivity index (χ2n) is 9.05. The number of carbonyl (C=O) groups excluding carboxylic acids is 2. The summed E-state index contributed by atoms with van der Waals surface area (Å²) in [5.74, 6) is 1.23. The normalized spacial score (nSPS) is 23.5. The molecule has 2 aromatic rings. The van der Waals surface area contributed by atoms with Gasteiger partial charge in [0.2, 0.25) is 0 Å². The van der Waals surface area contributed by atoms with Gasteiger partial charge in [-0.25, -0.2) is 9.48 Å². The summed E-state index contributed by atoms with van der Waals surface area (Å²) in [6.45, 7) is 4.34. The number of aryl methyl sites for hydroxylation is 1. The summed E-state index contributed by atoms with van der Waals surface area (Å²) in [6, 6.07) is 3.62. The minimum Gasteiger partial charge on any atom is -0.446 e. The SMILES string of the molecule is COCc1cc(C(=O)Nc2cc([C@@H]3C[C@H](OC(=O)NC(C)C)[C@@H]4C[C@@H]43)nn2COC)n(C)n1. The Kier molecular flexibility index (Phi) is 6.71. The van der Waals surface area contributed by atoms with Crippen LogP contribution in [0.5, 0.6) is 0 Å². The molecule has 0 saturated heterocycles. The Bertz CT molecular complexity index is 1020. The molecule has 180 valence electrons. The molecular formula is C22H32N6O5. The van der Waals surface area contributed by atoms with Crippen LogP contribution in [0.2, 0.25) is 0 Å². The minimum absolute atomic E-state index is 0.0330. The molecule has 2 fully saturated rings. The van der Waals surface area contributed by atoms with Crippen LogP contribution in [0.4, 0.5) is 10.6 Å². The third-order valence-corrected chi connectivity index (χ3v) is 6.16. The van der Waals surface area contributed by atoms with Crippen LogP contribution < -0.4 is 10.6 Å². The van der Waals surface area contributed by atoms with Gasteiger partial charge < -0.3 is 24.8 Å². The summed E-state index contributed by atoms with van der Waals surface area (Å²) < 4.78 is 19.2. The maximum atomic E-state index is 12.9. The second kappa shape index (κ2) is 9.52. The van der Waals surface area contributed by atoms with Crippen molar-refractivity contribution >= 4 is 17.8 Å². The molecule has 0 radical (unpaired) electrons. The molecular weight excluding hydrogens is 428 g/mol. The van der Waals surface area contributed by atoms with E-state index >= 15 is 0 Å². The Morgan fingerprint density at radius 3 is 2.64 bits per heavy atom. The van der Waals surface area contributed by atoms with Gasteiger partial charge in [0.25, 0.3) is 5.91 Å². The molecule has 2 N–H and O–H groups in total. The van der Waals surface area contributed by atoms with Crippen molar-refractivity contribution in [1.82, 2.24) is 24.9 Å².